The van der Waals surface area contributed by atoms with Gasteiger partial charge in [-0.25, -0.2) is 4.79 Å². The maximum Gasteiger partial charge on any atom is 0.312 e. The third-order valence-corrected chi connectivity index (χ3v) is 5.03. The molecule has 0 aromatic heterocycles. The van der Waals surface area contributed by atoms with Crippen LogP contribution in [-0.4, -0.2) is 54.0 Å². The van der Waals surface area contributed by atoms with Crippen molar-refractivity contribution >= 4 is 11.9 Å². The summed E-state index contributed by atoms with van der Waals surface area (Å²) < 4.78 is 0. The van der Waals surface area contributed by atoms with Gasteiger partial charge in [-0.15, -0.1) is 0 Å². The van der Waals surface area contributed by atoms with Crippen LogP contribution in [0, 0.1) is 11.8 Å². The van der Waals surface area contributed by atoms with Gasteiger partial charge >= 0.3 is 6.03 Å². The Kier molecular flexibility index (Phi) is 6.42. The van der Waals surface area contributed by atoms with Crippen LogP contribution in [0.3, 0.4) is 0 Å². The van der Waals surface area contributed by atoms with Crippen LogP contribution in [0.5, 0.6) is 0 Å². The smallest absolute Gasteiger partial charge is 0.312 e. The Morgan fingerprint density at radius 3 is 2.32 bits per heavy atom. The predicted octanol–water partition coefficient (Wildman–Crippen LogP) is 1.66. The number of carbonyl (C=O) groups is 2. The molecule has 2 rings (SSSR count). The van der Waals surface area contributed by atoms with Gasteiger partial charge in [0.25, 0.3) is 0 Å². The summed E-state index contributed by atoms with van der Waals surface area (Å²) >= 11 is 0. The number of hydrogen-bond donors (Lipinski definition) is 2. The highest BCUT2D eigenvalue weighted by Crippen LogP contribution is 2.27. The SMILES string of the molecule is C[C@H](NC(N)=O)C(=O)N(C)C1[C@H](C)CN(Cc2ccccc2)C[C@@H]1C. The van der Waals surface area contributed by atoms with Crippen molar-refractivity contribution in [3.8, 4) is 0 Å². The number of rotatable bonds is 5. The minimum absolute atomic E-state index is 0.0981. The zero-order valence-electron chi connectivity index (χ0n) is 15.6. The normalized spacial score (nSPS) is 25.2. The van der Waals surface area contributed by atoms with E-state index in [1.165, 1.54) is 5.56 Å². The molecule has 3 amide bonds. The maximum absolute atomic E-state index is 12.6. The topological polar surface area (TPSA) is 78.7 Å². The van der Waals surface area contributed by atoms with Crippen LogP contribution >= 0.6 is 0 Å². The van der Waals surface area contributed by atoms with Gasteiger partial charge in [-0.3, -0.25) is 9.69 Å². The number of amides is 3. The number of nitrogens with one attached hydrogen (secondary N) is 1. The molecule has 0 spiro atoms. The van der Waals surface area contributed by atoms with E-state index in [1.54, 1.807) is 11.8 Å². The van der Waals surface area contributed by atoms with Crippen molar-refractivity contribution in [3.05, 3.63) is 35.9 Å². The molecule has 1 unspecified atom stereocenters. The summed E-state index contributed by atoms with van der Waals surface area (Å²) in [6.45, 7) is 8.86. The third kappa shape index (κ3) is 4.95. The Morgan fingerprint density at radius 2 is 1.80 bits per heavy atom. The first kappa shape index (κ1) is 19.2. The van der Waals surface area contributed by atoms with Gasteiger partial charge in [0.15, 0.2) is 0 Å². The summed E-state index contributed by atoms with van der Waals surface area (Å²) in [5.41, 5.74) is 6.44. The highest BCUT2D eigenvalue weighted by Gasteiger charge is 2.37. The van der Waals surface area contributed by atoms with Crippen LogP contribution in [0.15, 0.2) is 30.3 Å². The Labute approximate surface area is 150 Å². The quantitative estimate of drug-likeness (QED) is 0.851. The molecule has 3 N–H and O–H groups in total. The van der Waals surface area contributed by atoms with E-state index in [4.69, 9.17) is 5.73 Å². The van der Waals surface area contributed by atoms with E-state index in [1.807, 2.05) is 13.1 Å². The van der Waals surface area contributed by atoms with Gasteiger partial charge < -0.3 is 16.0 Å². The van der Waals surface area contributed by atoms with Gasteiger partial charge in [0.2, 0.25) is 5.91 Å². The summed E-state index contributed by atoms with van der Waals surface area (Å²) in [6, 6.07) is 9.32. The minimum atomic E-state index is -0.673. The van der Waals surface area contributed by atoms with Gasteiger partial charge in [0.1, 0.15) is 6.04 Å². The van der Waals surface area contributed by atoms with E-state index in [-0.39, 0.29) is 11.9 Å². The van der Waals surface area contributed by atoms with Crippen molar-refractivity contribution in [2.24, 2.45) is 17.6 Å². The standard InChI is InChI=1S/C19H30N4O2/c1-13-10-23(12-16-8-6-5-7-9-16)11-14(2)17(13)22(4)18(24)15(3)21-19(20)25/h5-9,13-15,17H,10-12H2,1-4H3,(H3,20,21,25)/t13-,14+,15-,17?/m0/s1. The lowest BCUT2D eigenvalue weighted by Crippen LogP contribution is -2.58. The number of likely N-dealkylation sites (N-methyl/N-ethyl adjacent to an activating group) is 1. The molecule has 138 valence electrons. The molecule has 4 atom stereocenters. The molecule has 1 aliphatic rings. The Morgan fingerprint density at radius 1 is 1.24 bits per heavy atom. The molecule has 0 aliphatic carbocycles. The minimum Gasteiger partial charge on any atom is -0.352 e. The van der Waals surface area contributed by atoms with Crippen molar-refractivity contribution in [1.82, 2.24) is 15.1 Å². The van der Waals surface area contributed by atoms with E-state index < -0.39 is 12.1 Å². The monoisotopic (exact) mass is 346 g/mol. The number of carbonyl (C=O) groups excluding carboxylic acids is 2. The number of piperidine rings is 1. The molecular formula is C19H30N4O2. The van der Waals surface area contributed by atoms with Crippen molar-refractivity contribution in [1.29, 1.82) is 0 Å². The molecule has 1 aromatic carbocycles. The molecule has 1 fully saturated rings. The van der Waals surface area contributed by atoms with Crippen molar-refractivity contribution in [3.63, 3.8) is 0 Å². The molecule has 1 saturated heterocycles. The molecule has 0 radical (unpaired) electrons. The first-order valence-corrected chi connectivity index (χ1v) is 8.88. The zero-order valence-corrected chi connectivity index (χ0v) is 15.6. The number of urea groups is 1. The van der Waals surface area contributed by atoms with Gasteiger partial charge in [0, 0.05) is 32.7 Å². The Balaban J connectivity index is 1.99. The van der Waals surface area contributed by atoms with E-state index in [0.29, 0.717) is 11.8 Å². The average Bonchev–Trinajstić information content (AvgIpc) is 2.53. The second-order valence-corrected chi connectivity index (χ2v) is 7.30. The van der Waals surface area contributed by atoms with Gasteiger partial charge in [-0.05, 0) is 24.3 Å². The summed E-state index contributed by atoms with van der Waals surface area (Å²) in [6.07, 6.45) is 0. The zero-order chi connectivity index (χ0) is 18.6. The lowest BCUT2D eigenvalue weighted by atomic mass is 9.84. The van der Waals surface area contributed by atoms with Gasteiger partial charge in [-0.1, -0.05) is 44.2 Å². The predicted molar refractivity (Wildman–Crippen MR) is 98.8 cm³/mol. The van der Waals surface area contributed by atoms with E-state index in [0.717, 1.165) is 19.6 Å². The van der Waals surface area contributed by atoms with Crippen LogP contribution in [0.25, 0.3) is 0 Å². The van der Waals surface area contributed by atoms with Crippen LogP contribution in [0.2, 0.25) is 0 Å². The van der Waals surface area contributed by atoms with Crippen LogP contribution in [0.1, 0.15) is 26.3 Å². The Hall–Kier alpha value is -2.08. The lowest BCUT2D eigenvalue weighted by molar-refractivity contribution is -0.137. The number of primary amides is 1. The maximum atomic E-state index is 12.6. The van der Waals surface area contributed by atoms with Crippen molar-refractivity contribution in [2.45, 2.75) is 39.4 Å². The Bertz CT molecular complexity index is 580. The number of benzene rings is 1. The van der Waals surface area contributed by atoms with E-state index >= 15 is 0 Å². The molecule has 1 aliphatic heterocycles. The first-order valence-electron chi connectivity index (χ1n) is 8.88. The third-order valence-electron chi connectivity index (χ3n) is 5.03. The summed E-state index contributed by atoms with van der Waals surface area (Å²) in [4.78, 5) is 27.8. The molecular weight excluding hydrogens is 316 g/mol. The fraction of sp³-hybridized carbons (Fsp3) is 0.579. The number of hydrogen-bond acceptors (Lipinski definition) is 3. The molecule has 1 heterocycles. The fourth-order valence-corrected chi connectivity index (χ4v) is 4.13. The molecule has 6 nitrogen and oxygen atoms in total. The van der Waals surface area contributed by atoms with Gasteiger partial charge in [-0.2, -0.15) is 0 Å². The molecule has 0 bridgehead atoms. The second-order valence-electron chi connectivity index (χ2n) is 7.30. The van der Waals surface area contributed by atoms with Crippen molar-refractivity contribution < 1.29 is 9.59 Å². The fourth-order valence-electron chi connectivity index (χ4n) is 4.13. The van der Waals surface area contributed by atoms with E-state index in [2.05, 4.69) is 48.3 Å². The van der Waals surface area contributed by atoms with Crippen LogP contribution in [-0.2, 0) is 11.3 Å². The summed E-state index contributed by atoms with van der Waals surface area (Å²) in [7, 11) is 1.83. The van der Waals surface area contributed by atoms with Crippen LogP contribution < -0.4 is 11.1 Å². The summed E-state index contributed by atoms with van der Waals surface area (Å²) in [5, 5.41) is 2.47. The van der Waals surface area contributed by atoms with Crippen LogP contribution in [0.4, 0.5) is 4.79 Å². The lowest BCUT2D eigenvalue weighted by Gasteiger charge is -2.46. The summed E-state index contributed by atoms with van der Waals surface area (Å²) in [5.74, 6) is 0.600. The number of nitrogens with zero attached hydrogens (tertiary/aromatic N) is 2. The second kappa shape index (κ2) is 8.34. The largest absolute Gasteiger partial charge is 0.352 e. The van der Waals surface area contributed by atoms with E-state index in [9.17, 15) is 9.59 Å². The molecule has 6 heteroatoms. The average molecular weight is 346 g/mol. The number of nitrogens with two attached hydrogens (primary N) is 1. The molecule has 25 heavy (non-hydrogen) atoms. The molecule has 0 saturated carbocycles. The van der Waals surface area contributed by atoms with Crippen molar-refractivity contribution in [2.75, 3.05) is 20.1 Å². The highest BCUT2D eigenvalue weighted by atomic mass is 16.2. The highest BCUT2D eigenvalue weighted by molar-refractivity contribution is 5.86. The molecule has 1 aromatic rings. The first-order chi connectivity index (χ1) is 11.8. The van der Waals surface area contributed by atoms with Gasteiger partial charge in [0.05, 0.1) is 0 Å². The number of likely N-dealkylation sites (tertiary alicyclic amines) is 1.